The Morgan fingerprint density at radius 2 is 2.17 bits per heavy atom. The molecule has 24 heavy (non-hydrogen) atoms. The molecule has 2 atom stereocenters. The number of aliphatic carboxylic acids is 1. The summed E-state index contributed by atoms with van der Waals surface area (Å²) >= 11 is 6.20. The van der Waals surface area contributed by atoms with Gasteiger partial charge in [0, 0.05) is 24.2 Å². The third kappa shape index (κ3) is 3.98. The highest BCUT2D eigenvalue weighted by Gasteiger charge is 2.35. The van der Waals surface area contributed by atoms with Crippen LogP contribution in [0, 0.1) is 4.91 Å². The molecule has 0 bridgehead atoms. The van der Waals surface area contributed by atoms with Crippen molar-refractivity contribution >= 4 is 23.5 Å². The summed E-state index contributed by atoms with van der Waals surface area (Å²) in [7, 11) is 1.28. The lowest BCUT2D eigenvalue weighted by atomic mass is 9.95. The van der Waals surface area contributed by atoms with Gasteiger partial charge in [-0.3, -0.25) is 4.90 Å². The first-order valence-corrected chi connectivity index (χ1v) is 7.68. The number of carbonyl (C=O) groups excluding carboxylic acids is 1. The van der Waals surface area contributed by atoms with Gasteiger partial charge in [0.1, 0.15) is 12.1 Å². The van der Waals surface area contributed by atoms with E-state index < -0.39 is 24.0 Å². The van der Waals surface area contributed by atoms with Gasteiger partial charge >= 0.3 is 11.9 Å². The molecule has 0 radical (unpaired) electrons. The Balaban J connectivity index is 2.37. The van der Waals surface area contributed by atoms with Crippen LogP contribution < -0.4 is 0 Å². The lowest BCUT2D eigenvalue weighted by molar-refractivity contribution is -0.147. The number of ether oxygens (including phenoxy) is 1. The summed E-state index contributed by atoms with van der Waals surface area (Å²) in [6.07, 6.45) is 1.29. The normalized spacial score (nSPS) is 21.2. The molecule has 1 aliphatic rings. The van der Waals surface area contributed by atoms with Gasteiger partial charge in [0.2, 0.25) is 0 Å². The molecule has 0 saturated carbocycles. The van der Waals surface area contributed by atoms with E-state index in [1.807, 2.05) is 0 Å². The van der Waals surface area contributed by atoms with Crippen LogP contribution in [0.3, 0.4) is 0 Å². The average molecular weight is 353 g/mol. The van der Waals surface area contributed by atoms with E-state index in [-0.39, 0.29) is 6.54 Å². The van der Waals surface area contributed by atoms with E-state index in [9.17, 15) is 14.5 Å². The van der Waals surface area contributed by atoms with E-state index in [1.165, 1.54) is 7.11 Å². The molecule has 0 aromatic heterocycles. The number of halogens is 1. The molecule has 0 amide bonds. The van der Waals surface area contributed by atoms with Gasteiger partial charge in [-0.05, 0) is 23.6 Å². The highest BCUT2D eigenvalue weighted by molar-refractivity contribution is 6.31. The molecular weight excluding hydrogens is 336 g/mol. The maximum atomic E-state index is 12.3. The van der Waals surface area contributed by atoms with Gasteiger partial charge in [-0.25, -0.2) is 9.59 Å². The van der Waals surface area contributed by atoms with Crippen molar-refractivity contribution < 1.29 is 19.4 Å². The second-order valence-electron chi connectivity index (χ2n) is 5.39. The highest BCUT2D eigenvalue weighted by Crippen LogP contribution is 2.32. The van der Waals surface area contributed by atoms with Gasteiger partial charge in [0.15, 0.2) is 0 Å². The van der Waals surface area contributed by atoms with Gasteiger partial charge < -0.3 is 9.84 Å². The Bertz CT molecular complexity index is 676. The molecule has 8 heteroatoms. The standard InChI is InChI=1S/C16H17ClN2O5/c1-24-16(22)15(11-4-2-3-5-12(11)17)19-7-6-13(18-23)10(9-19)8-14(20)21/h2-5,8,13,15H,6-7,9H2,1H3,(H,20,21)/b10-8-/t13-,15+/m1/s1. The lowest BCUT2D eigenvalue weighted by Crippen LogP contribution is -2.43. The number of hydrogen-bond acceptors (Lipinski definition) is 6. The lowest BCUT2D eigenvalue weighted by Gasteiger charge is -2.36. The summed E-state index contributed by atoms with van der Waals surface area (Å²) in [5.74, 6) is -1.66. The van der Waals surface area contributed by atoms with Crippen LogP contribution >= 0.6 is 11.6 Å². The Morgan fingerprint density at radius 1 is 1.46 bits per heavy atom. The number of carbonyl (C=O) groups is 2. The first kappa shape index (κ1) is 18.1. The number of piperidine rings is 1. The zero-order chi connectivity index (χ0) is 17.7. The quantitative estimate of drug-likeness (QED) is 0.496. The molecular formula is C16H17ClN2O5. The summed E-state index contributed by atoms with van der Waals surface area (Å²) in [5, 5.41) is 12.4. The Morgan fingerprint density at radius 3 is 2.75 bits per heavy atom. The van der Waals surface area contributed by atoms with Crippen LogP contribution in [-0.2, 0) is 14.3 Å². The largest absolute Gasteiger partial charge is 0.478 e. The summed E-state index contributed by atoms with van der Waals surface area (Å²) in [6, 6.07) is 5.40. The van der Waals surface area contributed by atoms with Crippen molar-refractivity contribution in [2.75, 3.05) is 20.2 Å². The monoisotopic (exact) mass is 352 g/mol. The van der Waals surface area contributed by atoms with E-state index in [1.54, 1.807) is 29.2 Å². The van der Waals surface area contributed by atoms with Gasteiger partial charge in [-0.2, -0.15) is 4.91 Å². The Hall–Kier alpha value is -2.25. The number of carboxylic acids is 1. The zero-order valence-electron chi connectivity index (χ0n) is 13.0. The van der Waals surface area contributed by atoms with Gasteiger partial charge in [-0.1, -0.05) is 35.0 Å². The minimum Gasteiger partial charge on any atom is -0.478 e. The molecule has 0 aliphatic carbocycles. The number of rotatable bonds is 5. The average Bonchev–Trinajstić information content (AvgIpc) is 2.56. The fraction of sp³-hybridized carbons (Fsp3) is 0.375. The second-order valence-corrected chi connectivity index (χ2v) is 5.79. The topological polar surface area (TPSA) is 96.3 Å². The van der Waals surface area contributed by atoms with Crippen LogP contribution in [0.1, 0.15) is 18.0 Å². The molecule has 128 valence electrons. The van der Waals surface area contributed by atoms with Crippen molar-refractivity contribution in [3.05, 3.63) is 51.4 Å². The second kappa shape index (κ2) is 8.03. The maximum absolute atomic E-state index is 12.3. The molecule has 1 saturated heterocycles. The maximum Gasteiger partial charge on any atom is 0.328 e. The summed E-state index contributed by atoms with van der Waals surface area (Å²) < 4.78 is 4.88. The highest BCUT2D eigenvalue weighted by atomic mass is 35.5. The molecule has 0 unspecified atom stereocenters. The molecule has 2 rings (SSSR count). The molecule has 1 aromatic carbocycles. The number of nitrogens with zero attached hydrogens (tertiary/aromatic N) is 2. The minimum absolute atomic E-state index is 0.119. The van der Waals surface area contributed by atoms with Crippen molar-refractivity contribution in [2.45, 2.75) is 18.5 Å². The summed E-state index contributed by atoms with van der Waals surface area (Å²) in [6.45, 7) is 0.506. The molecule has 0 spiro atoms. The number of esters is 1. The smallest absolute Gasteiger partial charge is 0.328 e. The fourth-order valence-corrected chi connectivity index (χ4v) is 3.05. The predicted molar refractivity (Wildman–Crippen MR) is 87.7 cm³/mol. The van der Waals surface area contributed by atoms with Crippen LogP contribution in [0.15, 0.2) is 41.1 Å². The van der Waals surface area contributed by atoms with Crippen molar-refractivity contribution in [1.82, 2.24) is 4.90 Å². The molecule has 1 aliphatic heterocycles. The number of benzene rings is 1. The molecule has 1 heterocycles. The Labute approximate surface area is 143 Å². The number of carboxylic acid groups (broad SMARTS) is 1. The van der Waals surface area contributed by atoms with Crippen molar-refractivity contribution in [3.8, 4) is 0 Å². The first-order valence-electron chi connectivity index (χ1n) is 7.30. The minimum atomic E-state index is -1.16. The third-order valence-corrected chi connectivity index (χ3v) is 4.27. The van der Waals surface area contributed by atoms with Gasteiger partial charge in [0.25, 0.3) is 0 Å². The molecule has 1 N–H and O–H groups in total. The first-order chi connectivity index (χ1) is 11.5. The zero-order valence-corrected chi connectivity index (χ0v) is 13.8. The van der Waals surface area contributed by atoms with Crippen molar-refractivity contribution in [1.29, 1.82) is 0 Å². The van der Waals surface area contributed by atoms with Crippen LogP contribution in [0.4, 0.5) is 0 Å². The van der Waals surface area contributed by atoms with Crippen LogP contribution in [0.5, 0.6) is 0 Å². The molecule has 1 aromatic rings. The fourth-order valence-electron chi connectivity index (χ4n) is 2.81. The van der Waals surface area contributed by atoms with Crippen molar-refractivity contribution in [2.24, 2.45) is 5.18 Å². The van der Waals surface area contributed by atoms with E-state index in [4.69, 9.17) is 21.4 Å². The van der Waals surface area contributed by atoms with Gasteiger partial charge in [0.05, 0.1) is 7.11 Å². The van der Waals surface area contributed by atoms with E-state index in [2.05, 4.69) is 5.18 Å². The van der Waals surface area contributed by atoms with Crippen LogP contribution in [0.2, 0.25) is 5.02 Å². The number of likely N-dealkylation sites (tertiary alicyclic amines) is 1. The van der Waals surface area contributed by atoms with E-state index >= 15 is 0 Å². The summed E-state index contributed by atoms with van der Waals surface area (Å²) in [5.41, 5.74) is 0.919. The number of nitroso groups, excluding NO2 is 1. The van der Waals surface area contributed by atoms with Crippen LogP contribution in [-0.4, -0.2) is 48.2 Å². The molecule has 1 fully saturated rings. The SMILES string of the molecule is COC(=O)[C@H](c1ccccc1Cl)N1CC[C@@H](N=O)/C(=C\C(=O)O)C1. The van der Waals surface area contributed by atoms with E-state index in [0.29, 0.717) is 29.1 Å². The molecule has 7 nitrogen and oxygen atoms in total. The van der Waals surface area contributed by atoms with E-state index in [0.717, 1.165) is 6.08 Å². The number of methoxy groups -OCH3 is 1. The Kier molecular flexibility index (Phi) is 6.05. The van der Waals surface area contributed by atoms with Crippen molar-refractivity contribution in [3.63, 3.8) is 0 Å². The summed E-state index contributed by atoms with van der Waals surface area (Å²) in [4.78, 5) is 35.9. The number of hydrogen-bond donors (Lipinski definition) is 1. The predicted octanol–water partition coefficient (Wildman–Crippen LogP) is 2.41. The van der Waals surface area contributed by atoms with Crippen LogP contribution in [0.25, 0.3) is 0 Å². The van der Waals surface area contributed by atoms with Gasteiger partial charge in [-0.15, -0.1) is 0 Å². The third-order valence-electron chi connectivity index (χ3n) is 3.93.